The monoisotopic (exact) mass is 188 g/mol. The highest BCUT2D eigenvalue weighted by Crippen LogP contribution is 2.17. The van der Waals surface area contributed by atoms with Crippen molar-refractivity contribution in [2.24, 2.45) is 0 Å². The van der Waals surface area contributed by atoms with Crippen LogP contribution in [-0.4, -0.2) is 9.97 Å². The van der Waals surface area contributed by atoms with Gasteiger partial charge in [0.05, 0.1) is 5.69 Å². The Kier molecular flexibility index (Phi) is 2.23. The van der Waals surface area contributed by atoms with E-state index in [1.807, 2.05) is 19.1 Å². The Hall–Kier alpha value is -1.77. The van der Waals surface area contributed by atoms with Gasteiger partial charge in [-0.05, 0) is 25.1 Å². The molecule has 0 unspecified atom stereocenters. The number of rotatable bonds is 1. The van der Waals surface area contributed by atoms with E-state index < -0.39 is 0 Å². The van der Waals surface area contributed by atoms with Crippen LogP contribution < -0.4 is 0 Å². The van der Waals surface area contributed by atoms with Crippen molar-refractivity contribution in [2.75, 3.05) is 0 Å². The number of nitrogens with zero attached hydrogens (tertiary/aromatic N) is 2. The molecule has 1 aromatic heterocycles. The number of halogens is 1. The summed E-state index contributed by atoms with van der Waals surface area (Å²) in [5.74, 6) is -0.251. The molecule has 1 aromatic carbocycles. The van der Waals surface area contributed by atoms with Crippen molar-refractivity contribution in [3.63, 3.8) is 0 Å². The van der Waals surface area contributed by atoms with Gasteiger partial charge in [-0.1, -0.05) is 12.1 Å². The third-order valence-electron chi connectivity index (χ3n) is 1.92. The number of hydrogen-bond donors (Lipinski definition) is 0. The topological polar surface area (TPSA) is 25.8 Å². The number of hydrogen-bond acceptors (Lipinski definition) is 2. The average molecular weight is 188 g/mol. The van der Waals surface area contributed by atoms with E-state index in [4.69, 9.17) is 0 Å². The summed E-state index contributed by atoms with van der Waals surface area (Å²) >= 11 is 0. The Balaban J connectivity index is 2.49. The summed E-state index contributed by atoms with van der Waals surface area (Å²) in [6.07, 6.45) is 1.48. The highest BCUT2D eigenvalue weighted by atomic mass is 19.1. The van der Waals surface area contributed by atoms with Crippen LogP contribution in [-0.2, 0) is 0 Å². The van der Waals surface area contributed by atoms with E-state index in [0.717, 1.165) is 17.0 Å². The summed E-state index contributed by atoms with van der Waals surface area (Å²) in [7, 11) is 0. The van der Waals surface area contributed by atoms with Crippen molar-refractivity contribution in [2.45, 2.75) is 6.92 Å². The summed E-state index contributed by atoms with van der Waals surface area (Å²) in [6, 6.07) is 8.20. The Labute approximate surface area is 81.5 Å². The lowest BCUT2D eigenvalue weighted by molar-refractivity contribution is 0.628. The lowest BCUT2D eigenvalue weighted by atomic mass is 10.1. The summed E-state index contributed by atoms with van der Waals surface area (Å²) in [6.45, 7) is 1.88. The molecule has 1 heterocycles. The van der Waals surface area contributed by atoms with Crippen molar-refractivity contribution >= 4 is 0 Å². The van der Waals surface area contributed by atoms with Crippen molar-refractivity contribution < 1.29 is 4.39 Å². The minimum absolute atomic E-state index is 0.251. The second kappa shape index (κ2) is 3.54. The van der Waals surface area contributed by atoms with E-state index in [9.17, 15) is 4.39 Å². The number of benzene rings is 1. The third kappa shape index (κ3) is 1.76. The molecule has 0 spiro atoms. The van der Waals surface area contributed by atoms with Gasteiger partial charge in [-0.15, -0.1) is 0 Å². The summed E-state index contributed by atoms with van der Waals surface area (Å²) < 4.78 is 12.9. The highest BCUT2D eigenvalue weighted by Gasteiger charge is 2.00. The van der Waals surface area contributed by atoms with E-state index in [1.165, 1.54) is 18.5 Å². The van der Waals surface area contributed by atoms with Gasteiger partial charge in [-0.2, -0.15) is 0 Å². The van der Waals surface area contributed by atoms with Crippen LogP contribution in [0.5, 0.6) is 0 Å². The van der Waals surface area contributed by atoms with Crippen LogP contribution >= 0.6 is 0 Å². The Morgan fingerprint density at radius 3 is 2.71 bits per heavy atom. The fourth-order valence-corrected chi connectivity index (χ4v) is 1.26. The zero-order valence-corrected chi connectivity index (χ0v) is 7.74. The van der Waals surface area contributed by atoms with E-state index in [-0.39, 0.29) is 5.82 Å². The normalized spacial score (nSPS) is 10.1. The van der Waals surface area contributed by atoms with Gasteiger partial charge in [0.25, 0.3) is 0 Å². The molecular weight excluding hydrogens is 179 g/mol. The molecule has 0 saturated heterocycles. The number of aromatic nitrogens is 2. The molecule has 2 nitrogen and oxygen atoms in total. The van der Waals surface area contributed by atoms with Crippen molar-refractivity contribution in [3.05, 3.63) is 48.2 Å². The van der Waals surface area contributed by atoms with Gasteiger partial charge in [0, 0.05) is 11.3 Å². The zero-order valence-electron chi connectivity index (χ0n) is 7.74. The van der Waals surface area contributed by atoms with Crippen LogP contribution in [0.2, 0.25) is 0 Å². The second-order valence-corrected chi connectivity index (χ2v) is 3.05. The summed E-state index contributed by atoms with van der Waals surface area (Å²) in [4.78, 5) is 8.06. The molecule has 0 fully saturated rings. The van der Waals surface area contributed by atoms with Crippen LogP contribution in [0.4, 0.5) is 4.39 Å². The fraction of sp³-hybridized carbons (Fsp3) is 0.0909. The standard InChI is InChI=1S/C11H9FN2/c1-8-5-11(14-7-13-8)9-3-2-4-10(12)6-9/h2-7H,1H3. The smallest absolute Gasteiger partial charge is 0.123 e. The quantitative estimate of drug-likeness (QED) is 0.687. The molecule has 0 saturated carbocycles. The molecule has 0 aliphatic rings. The molecule has 0 aliphatic carbocycles. The molecule has 2 rings (SSSR count). The van der Waals surface area contributed by atoms with Crippen LogP contribution in [0.15, 0.2) is 36.7 Å². The van der Waals surface area contributed by atoms with Gasteiger partial charge in [-0.25, -0.2) is 14.4 Å². The Morgan fingerprint density at radius 2 is 2.00 bits per heavy atom. The van der Waals surface area contributed by atoms with Crippen molar-refractivity contribution in [1.29, 1.82) is 0 Å². The molecule has 70 valence electrons. The molecule has 0 bridgehead atoms. The molecule has 0 atom stereocenters. The third-order valence-corrected chi connectivity index (χ3v) is 1.92. The van der Waals surface area contributed by atoms with Crippen molar-refractivity contribution in [1.82, 2.24) is 9.97 Å². The first kappa shape index (κ1) is 8.81. The molecule has 14 heavy (non-hydrogen) atoms. The van der Waals surface area contributed by atoms with Gasteiger partial charge in [0.2, 0.25) is 0 Å². The van der Waals surface area contributed by atoms with Crippen molar-refractivity contribution in [3.8, 4) is 11.3 Å². The molecule has 2 aromatic rings. The summed E-state index contributed by atoms with van der Waals surface area (Å²) in [5, 5.41) is 0. The molecule has 0 amide bonds. The van der Waals surface area contributed by atoms with Gasteiger partial charge < -0.3 is 0 Å². The second-order valence-electron chi connectivity index (χ2n) is 3.05. The predicted molar refractivity (Wildman–Crippen MR) is 52.2 cm³/mol. The van der Waals surface area contributed by atoms with E-state index in [1.54, 1.807) is 6.07 Å². The fourth-order valence-electron chi connectivity index (χ4n) is 1.26. The maximum atomic E-state index is 12.9. The molecular formula is C11H9FN2. The lowest BCUT2D eigenvalue weighted by Crippen LogP contribution is -1.88. The zero-order chi connectivity index (χ0) is 9.97. The van der Waals surface area contributed by atoms with Gasteiger partial charge in [-0.3, -0.25) is 0 Å². The maximum absolute atomic E-state index is 12.9. The maximum Gasteiger partial charge on any atom is 0.123 e. The Morgan fingerprint density at radius 1 is 1.14 bits per heavy atom. The minimum Gasteiger partial charge on any atom is -0.242 e. The largest absolute Gasteiger partial charge is 0.242 e. The lowest BCUT2D eigenvalue weighted by Gasteiger charge is -2.00. The van der Waals surface area contributed by atoms with E-state index in [0.29, 0.717) is 0 Å². The van der Waals surface area contributed by atoms with Gasteiger partial charge in [0.1, 0.15) is 12.1 Å². The average Bonchev–Trinajstić information content (AvgIpc) is 2.18. The van der Waals surface area contributed by atoms with E-state index in [2.05, 4.69) is 9.97 Å². The van der Waals surface area contributed by atoms with Crippen LogP contribution in [0.25, 0.3) is 11.3 Å². The van der Waals surface area contributed by atoms with Crippen LogP contribution in [0.3, 0.4) is 0 Å². The van der Waals surface area contributed by atoms with Gasteiger partial charge >= 0.3 is 0 Å². The summed E-state index contributed by atoms with van der Waals surface area (Å²) in [5.41, 5.74) is 2.40. The van der Waals surface area contributed by atoms with E-state index >= 15 is 0 Å². The Bertz CT molecular complexity index is 411. The minimum atomic E-state index is -0.251. The predicted octanol–water partition coefficient (Wildman–Crippen LogP) is 2.59. The van der Waals surface area contributed by atoms with Crippen LogP contribution in [0, 0.1) is 12.7 Å². The SMILES string of the molecule is Cc1cc(-c2cccc(F)c2)ncn1. The first-order valence-electron chi connectivity index (χ1n) is 4.30. The molecule has 0 aliphatic heterocycles. The van der Waals surface area contributed by atoms with Crippen LogP contribution in [0.1, 0.15) is 5.69 Å². The highest BCUT2D eigenvalue weighted by molar-refractivity contribution is 5.58. The molecule has 3 heteroatoms. The first-order valence-corrected chi connectivity index (χ1v) is 4.30. The molecule has 0 radical (unpaired) electrons. The molecule has 0 N–H and O–H groups in total. The number of aryl methyl sites for hydroxylation is 1. The first-order chi connectivity index (χ1) is 6.75. The van der Waals surface area contributed by atoms with Gasteiger partial charge in [0.15, 0.2) is 0 Å².